The molecule has 4 rings (SSSR count). The molecule has 0 unspecified atom stereocenters. The van der Waals surface area contributed by atoms with E-state index in [2.05, 4.69) is 22.1 Å². The molecule has 0 aliphatic carbocycles. The van der Waals surface area contributed by atoms with Gasteiger partial charge in [-0.15, -0.1) is 5.10 Å². The number of hydrogen-bond acceptors (Lipinski definition) is 5. The minimum atomic E-state index is -0.348. The van der Waals surface area contributed by atoms with Gasteiger partial charge in [-0.05, 0) is 46.3 Å². The first-order valence-corrected chi connectivity index (χ1v) is 9.13. The molecule has 29 heavy (non-hydrogen) atoms. The zero-order valence-corrected chi connectivity index (χ0v) is 16.3. The average molecular weight is 409 g/mol. The number of hydrogen-bond donors (Lipinski definition) is 0. The first-order valence-electron chi connectivity index (χ1n) is 8.75. The molecular weight excluding hydrogens is 392 g/mol. The highest BCUT2D eigenvalue weighted by molar-refractivity contribution is 6.30. The van der Waals surface area contributed by atoms with Crippen molar-refractivity contribution < 1.29 is 4.74 Å². The normalized spacial score (nSPS) is 10.8. The second kappa shape index (κ2) is 7.76. The van der Waals surface area contributed by atoms with Crippen LogP contribution in [-0.4, -0.2) is 29.6 Å². The molecule has 0 spiro atoms. The second-order valence-electron chi connectivity index (χ2n) is 6.21. The summed E-state index contributed by atoms with van der Waals surface area (Å²) in [6, 6.07) is 14.6. The summed E-state index contributed by atoms with van der Waals surface area (Å²) in [6.45, 7) is 4.02. The van der Waals surface area contributed by atoms with E-state index in [1.54, 1.807) is 48.3 Å². The number of aryl methyl sites for hydroxylation is 1. The standard InChI is InChI=1S/C20H17ClN6O2/c1-3-14-5-4-6-18(27-20(28)25(2)23-24-27)17(14)13-29-19-11-12-26(22-19)16-9-7-15(21)8-10-16/h3-12H,1,13H2,2H3. The summed E-state index contributed by atoms with van der Waals surface area (Å²) in [4.78, 5) is 12.3. The van der Waals surface area contributed by atoms with Gasteiger partial charge in [-0.1, -0.05) is 36.4 Å². The molecule has 0 N–H and O–H groups in total. The molecule has 0 atom stereocenters. The van der Waals surface area contributed by atoms with E-state index in [0.29, 0.717) is 16.6 Å². The highest BCUT2D eigenvalue weighted by Crippen LogP contribution is 2.21. The molecule has 2 heterocycles. The summed E-state index contributed by atoms with van der Waals surface area (Å²) < 4.78 is 9.99. The second-order valence-corrected chi connectivity index (χ2v) is 6.65. The summed E-state index contributed by atoms with van der Waals surface area (Å²) in [5.74, 6) is 0.441. The van der Waals surface area contributed by atoms with Crippen LogP contribution in [0.15, 0.2) is 66.1 Å². The summed E-state index contributed by atoms with van der Waals surface area (Å²) >= 11 is 5.93. The zero-order chi connectivity index (χ0) is 20.4. The third kappa shape index (κ3) is 3.70. The van der Waals surface area contributed by atoms with Crippen molar-refractivity contribution >= 4 is 17.7 Å². The lowest BCUT2D eigenvalue weighted by Gasteiger charge is -2.12. The van der Waals surface area contributed by atoms with E-state index in [9.17, 15) is 4.79 Å². The highest BCUT2D eigenvalue weighted by Gasteiger charge is 2.14. The number of benzene rings is 2. The Morgan fingerprint density at radius 1 is 1.14 bits per heavy atom. The van der Waals surface area contributed by atoms with Crippen LogP contribution in [0.2, 0.25) is 5.02 Å². The fraction of sp³-hybridized carbons (Fsp3) is 0.100. The molecule has 146 valence electrons. The van der Waals surface area contributed by atoms with Crippen molar-refractivity contribution in [3.63, 3.8) is 0 Å². The largest absolute Gasteiger partial charge is 0.472 e. The average Bonchev–Trinajstić information content (AvgIpc) is 3.34. The maximum Gasteiger partial charge on any atom is 0.368 e. The molecular formula is C20H17ClN6O2. The topological polar surface area (TPSA) is 79.8 Å². The van der Waals surface area contributed by atoms with Crippen molar-refractivity contribution in [1.82, 2.24) is 29.6 Å². The van der Waals surface area contributed by atoms with Gasteiger partial charge in [0.15, 0.2) is 0 Å². The highest BCUT2D eigenvalue weighted by atomic mass is 35.5. The van der Waals surface area contributed by atoms with Gasteiger partial charge in [-0.3, -0.25) is 0 Å². The van der Waals surface area contributed by atoms with Crippen LogP contribution >= 0.6 is 11.6 Å². The van der Waals surface area contributed by atoms with Gasteiger partial charge in [0.2, 0.25) is 5.88 Å². The monoisotopic (exact) mass is 408 g/mol. The lowest BCUT2D eigenvalue weighted by molar-refractivity contribution is 0.291. The summed E-state index contributed by atoms with van der Waals surface area (Å²) in [6.07, 6.45) is 3.50. The summed E-state index contributed by atoms with van der Waals surface area (Å²) in [5, 5.41) is 12.8. The smallest absolute Gasteiger partial charge is 0.368 e. The van der Waals surface area contributed by atoms with Crippen LogP contribution in [-0.2, 0) is 13.7 Å². The molecule has 0 fully saturated rings. The molecule has 4 aromatic rings. The molecule has 8 nitrogen and oxygen atoms in total. The van der Waals surface area contributed by atoms with E-state index in [1.165, 1.54) is 9.36 Å². The van der Waals surface area contributed by atoms with E-state index in [0.717, 1.165) is 16.8 Å². The number of tetrazole rings is 1. The fourth-order valence-corrected chi connectivity index (χ4v) is 3.00. The number of ether oxygens (including phenoxy) is 1. The number of halogens is 1. The summed E-state index contributed by atoms with van der Waals surface area (Å²) in [5.41, 5.74) is 2.68. The molecule has 0 amide bonds. The van der Waals surface area contributed by atoms with E-state index < -0.39 is 0 Å². The third-order valence-corrected chi connectivity index (χ3v) is 4.63. The molecule has 9 heteroatoms. The molecule has 0 aliphatic rings. The minimum Gasteiger partial charge on any atom is -0.472 e. The minimum absolute atomic E-state index is 0.179. The van der Waals surface area contributed by atoms with Crippen LogP contribution in [0.5, 0.6) is 5.88 Å². The zero-order valence-electron chi connectivity index (χ0n) is 15.6. The van der Waals surface area contributed by atoms with Crippen LogP contribution in [0.1, 0.15) is 11.1 Å². The van der Waals surface area contributed by atoms with Crippen molar-refractivity contribution in [3.05, 3.63) is 87.9 Å². The maximum absolute atomic E-state index is 12.3. The van der Waals surface area contributed by atoms with Gasteiger partial charge in [-0.25, -0.2) is 9.48 Å². The fourth-order valence-electron chi connectivity index (χ4n) is 2.87. The van der Waals surface area contributed by atoms with Crippen molar-refractivity contribution in [2.45, 2.75) is 6.61 Å². The molecule has 0 bridgehead atoms. The van der Waals surface area contributed by atoms with Gasteiger partial charge < -0.3 is 4.74 Å². The van der Waals surface area contributed by atoms with Gasteiger partial charge in [0.25, 0.3) is 0 Å². The predicted molar refractivity (Wildman–Crippen MR) is 110 cm³/mol. The molecule has 2 aromatic carbocycles. The number of nitrogens with zero attached hydrogens (tertiary/aromatic N) is 6. The van der Waals surface area contributed by atoms with E-state index in [-0.39, 0.29) is 12.3 Å². The molecule has 0 saturated carbocycles. The maximum atomic E-state index is 12.3. The Balaban J connectivity index is 1.62. The Labute approximate surface area is 171 Å². The quantitative estimate of drug-likeness (QED) is 0.490. The van der Waals surface area contributed by atoms with Gasteiger partial charge >= 0.3 is 5.69 Å². The van der Waals surface area contributed by atoms with Crippen LogP contribution in [0.4, 0.5) is 0 Å². The van der Waals surface area contributed by atoms with Crippen molar-refractivity contribution in [2.24, 2.45) is 7.05 Å². The van der Waals surface area contributed by atoms with Crippen LogP contribution in [0, 0.1) is 0 Å². The molecule has 0 aliphatic heterocycles. The van der Waals surface area contributed by atoms with Gasteiger partial charge in [-0.2, -0.15) is 9.36 Å². The third-order valence-electron chi connectivity index (χ3n) is 4.38. The Morgan fingerprint density at radius 3 is 2.62 bits per heavy atom. The Hall–Kier alpha value is -3.65. The van der Waals surface area contributed by atoms with Crippen molar-refractivity contribution in [1.29, 1.82) is 0 Å². The number of aromatic nitrogens is 6. The van der Waals surface area contributed by atoms with Gasteiger partial charge in [0.1, 0.15) is 6.61 Å². The van der Waals surface area contributed by atoms with Crippen molar-refractivity contribution in [3.8, 4) is 17.3 Å². The van der Waals surface area contributed by atoms with E-state index >= 15 is 0 Å². The Bertz CT molecular complexity index is 1220. The predicted octanol–water partition coefficient (Wildman–Crippen LogP) is 3.03. The van der Waals surface area contributed by atoms with E-state index in [1.807, 2.05) is 24.3 Å². The Morgan fingerprint density at radius 2 is 1.93 bits per heavy atom. The molecule has 0 saturated heterocycles. The first kappa shape index (κ1) is 18.7. The lowest BCUT2D eigenvalue weighted by Crippen LogP contribution is -2.23. The van der Waals surface area contributed by atoms with Crippen LogP contribution < -0.4 is 10.4 Å². The lowest BCUT2D eigenvalue weighted by atomic mass is 10.1. The van der Waals surface area contributed by atoms with Crippen molar-refractivity contribution in [2.75, 3.05) is 0 Å². The first-order chi connectivity index (χ1) is 14.1. The van der Waals surface area contributed by atoms with Crippen LogP contribution in [0.3, 0.4) is 0 Å². The van der Waals surface area contributed by atoms with E-state index in [4.69, 9.17) is 16.3 Å². The molecule has 2 aromatic heterocycles. The summed E-state index contributed by atoms with van der Waals surface area (Å²) in [7, 11) is 1.54. The van der Waals surface area contributed by atoms with Gasteiger partial charge in [0.05, 0.1) is 11.4 Å². The SMILES string of the molecule is C=Cc1cccc(-n2nnn(C)c2=O)c1COc1ccn(-c2ccc(Cl)cc2)n1. The Kier molecular flexibility index (Phi) is 5.01. The molecule has 0 radical (unpaired) electrons. The number of rotatable bonds is 6. The van der Waals surface area contributed by atoms with Gasteiger partial charge in [0, 0.05) is 29.9 Å². The van der Waals surface area contributed by atoms with Crippen LogP contribution in [0.25, 0.3) is 17.5 Å².